The Bertz CT molecular complexity index is 94.2. The number of rotatable bonds is 4. The van der Waals surface area contributed by atoms with Crippen LogP contribution >= 0.6 is 0 Å². The molecule has 0 saturated heterocycles. The Kier molecular flexibility index (Phi) is 4.69. The third-order valence-corrected chi connectivity index (χ3v) is 1.62. The van der Waals surface area contributed by atoms with Crippen LogP contribution in [-0.2, 0) is 4.74 Å². The highest BCUT2D eigenvalue weighted by Crippen LogP contribution is 2.18. The summed E-state index contributed by atoms with van der Waals surface area (Å²) in [5.74, 6) is 0. The zero-order valence-electron chi connectivity index (χ0n) is 8.05. The highest BCUT2D eigenvalue weighted by Gasteiger charge is 2.21. The van der Waals surface area contributed by atoms with Gasteiger partial charge in [0, 0.05) is 6.61 Å². The van der Waals surface area contributed by atoms with Crippen LogP contribution in [0.5, 0.6) is 0 Å². The summed E-state index contributed by atoms with van der Waals surface area (Å²) in [6.07, 6.45) is 0.658. The lowest BCUT2D eigenvalue weighted by molar-refractivity contribution is -0.0201. The summed E-state index contributed by atoms with van der Waals surface area (Å²) in [5.41, 5.74) is -0.0618. The summed E-state index contributed by atoms with van der Waals surface area (Å²) in [6, 6.07) is 0. The van der Waals surface area contributed by atoms with Crippen molar-refractivity contribution >= 4 is 0 Å². The van der Waals surface area contributed by atoms with Crippen LogP contribution in [0.2, 0.25) is 0 Å². The normalized spacial score (nSPS) is 15.0. The minimum absolute atomic E-state index is 0.0618. The smallest absolute Gasteiger partial charge is 0.0821 e. The first-order chi connectivity index (χ1) is 4.98. The van der Waals surface area contributed by atoms with E-state index in [1.165, 1.54) is 0 Å². The van der Waals surface area contributed by atoms with Crippen LogP contribution in [0, 0.1) is 5.41 Å². The fraction of sp³-hybridized carbons (Fsp3) is 1.00. The topological polar surface area (TPSA) is 29.5 Å². The van der Waals surface area contributed by atoms with Gasteiger partial charge in [0.2, 0.25) is 0 Å². The molecule has 0 spiro atoms. The lowest BCUT2D eigenvalue weighted by atomic mass is 9.90. The van der Waals surface area contributed by atoms with Crippen molar-refractivity contribution in [1.82, 2.24) is 0 Å². The average Bonchev–Trinajstić information content (AvgIpc) is 1.86. The van der Waals surface area contributed by atoms with Gasteiger partial charge in [-0.2, -0.15) is 0 Å². The second-order valence-electron chi connectivity index (χ2n) is 3.96. The summed E-state index contributed by atoms with van der Waals surface area (Å²) in [6.45, 7) is 9.28. The predicted molar refractivity (Wildman–Crippen MR) is 46.6 cm³/mol. The monoisotopic (exact) mass is 160 g/mol. The third kappa shape index (κ3) is 5.22. The zero-order valence-corrected chi connectivity index (χ0v) is 8.05. The maximum absolute atomic E-state index is 9.49. The molecule has 1 atom stereocenters. The van der Waals surface area contributed by atoms with E-state index in [1.807, 2.05) is 20.8 Å². The van der Waals surface area contributed by atoms with Gasteiger partial charge in [-0.15, -0.1) is 0 Å². The second kappa shape index (κ2) is 4.73. The molecule has 68 valence electrons. The Balaban J connectivity index is 3.44. The van der Waals surface area contributed by atoms with Gasteiger partial charge in [-0.05, 0) is 11.8 Å². The van der Waals surface area contributed by atoms with Gasteiger partial charge in [-0.1, -0.05) is 27.7 Å². The summed E-state index contributed by atoms with van der Waals surface area (Å²) in [7, 11) is 0. The van der Waals surface area contributed by atoms with Crippen LogP contribution in [0.25, 0.3) is 0 Å². The Labute approximate surface area is 69.6 Å². The Morgan fingerprint density at radius 1 is 1.36 bits per heavy atom. The van der Waals surface area contributed by atoms with Crippen molar-refractivity contribution in [2.75, 3.05) is 13.2 Å². The van der Waals surface area contributed by atoms with Crippen LogP contribution in [0.1, 0.15) is 34.1 Å². The van der Waals surface area contributed by atoms with Crippen molar-refractivity contribution in [2.45, 2.75) is 40.2 Å². The number of hydrogen-bond donors (Lipinski definition) is 1. The number of hydrogen-bond acceptors (Lipinski definition) is 2. The lowest BCUT2D eigenvalue weighted by Gasteiger charge is -2.25. The van der Waals surface area contributed by atoms with Crippen molar-refractivity contribution < 1.29 is 9.84 Å². The van der Waals surface area contributed by atoms with Gasteiger partial charge in [-0.25, -0.2) is 0 Å². The quantitative estimate of drug-likeness (QED) is 0.636. The van der Waals surface area contributed by atoms with Gasteiger partial charge in [0.05, 0.1) is 12.7 Å². The van der Waals surface area contributed by atoms with Crippen LogP contribution in [0.15, 0.2) is 0 Å². The van der Waals surface area contributed by atoms with Crippen molar-refractivity contribution in [1.29, 1.82) is 0 Å². The van der Waals surface area contributed by atoms with E-state index in [2.05, 4.69) is 6.92 Å². The van der Waals surface area contributed by atoms with Gasteiger partial charge in [0.25, 0.3) is 0 Å². The van der Waals surface area contributed by atoms with Gasteiger partial charge in [0.1, 0.15) is 0 Å². The Morgan fingerprint density at radius 2 is 1.91 bits per heavy atom. The number of aliphatic hydroxyl groups excluding tert-OH is 1. The minimum Gasteiger partial charge on any atom is -0.390 e. The van der Waals surface area contributed by atoms with Gasteiger partial charge in [0.15, 0.2) is 0 Å². The molecule has 2 heteroatoms. The van der Waals surface area contributed by atoms with Crippen LogP contribution < -0.4 is 0 Å². The molecule has 11 heavy (non-hydrogen) atoms. The van der Waals surface area contributed by atoms with E-state index in [1.54, 1.807) is 0 Å². The first-order valence-corrected chi connectivity index (χ1v) is 4.24. The maximum atomic E-state index is 9.49. The highest BCUT2D eigenvalue weighted by molar-refractivity contribution is 4.71. The molecule has 0 bridgehead atoms. The van der Waals surface area contributed by atoms with E-state index in [0.717, 1.165) is 13.0 Å². The molecule has 0 aromatic heterocycles. The molecule has 0 aromatic carbocycles. The first-order valence-electron chi connectivity index (χ1n) is 4.24. The molecule has 0 rings (SSSR count). The average molecular weight is 160 g/mol. The van der Waals surface area contributed by atoms with E-state index in [4.69, 9.17) is 4.74 Å². The van der Waals surface area contributed by atoms with E-state index in [-0.39, 0.29) is 11.5 Å². The van der Waals surface area contributed by atoms with Crippen LogP contribution in [0.4, 0.5) is 0 Å². The zero-order chi connectivity index (χ0) is 8.91. The van der Waals surface area contributed by atoms with Crippen LogP contribution in [0.3, 0.4) is 0 Å². The molecule has 0 amide bonds. The predicted octanol–water partition coefficient (Wildman–Crippen LogP) is 1.82. The van der Waals surface area contributed by atoms with E-state index < -0.39 is 0 Å². The summed E-state index contributed by atoms with van der Waals surface area (Å²) < 4.78 is 5.22. The Hall–Kier alpha value is -0.0800. The third-order valence-electron chi connectivity index (χ3n) is 1.62. The largest absolute Gasteiger partial charge is 0.390 e. The molecule has 2 nitrogen and oxygen atoms in total. The maximum Gasteiger partial charge on any atom is 0.0821 e. The van der Waals surface area contributed by atoms with Crippen LogP contribution in [-0.4, -0.2) is 24.4 Å². The van der Waals surface area contributed by atoms with E-state index in [9.17, 15) is 5.11 Å². The molecule has 0 heterocycles. The fourth-order valence-corrected chi connectivity index (χ4v) is 0.589. The molecule has 0 aromatic rings. The Morgan fingerprint density at radius 3 is 2.27 bits per heavy atom. The molecule has 1 unspecified atom stereocenters. The van der Waals surface area contributed by atoms with Gasteiger partial charge < -0.3 is 9.84 Å². The first kappa shape index (κ1) is 10.9. The highest BCUT2D eigenvalue weighted by atomic mass is 16.5. The van der Waals surface area contributed by atoms with Crippen molar-refractivity contribution in [3.05, 3.63) is 0 Å². The van der Waals surface area contributed by atoms with Crippen molar-refractivity contribution in [3.63, 3.8) is 0 Å². The second-order valence-corrected chi connectivity index (χ2v) is 3.96. The summed E-state index contributed by atoms with van der Waals surface area (Å²) in [4.78, 5) is 0. The lowest BCUT2D eigenvalue weighted by Crippen LogP contribution is -2.30. The molecular weight excluding hydrogens is 140 g/mol. The van der Waals surface area contributed by atoms with Gasteiger partial charge in [-0.3, -0.25) is 0 Å². The molecule has 0 aliphatic carbocycles. The molecule has 0 aliphatic rings. The van der Waals surface area contributed by atoms with Gasteiger partial charge >= 0.3 is 0 Å². The molecule has 1 N–H and O–H groups in total. The molecule has 0 radical (unpaired) electrons. The van der Waals surface area contributed by atoms with Crippen molar-refractivity contribution in [3.8, 4) is 0 Å². The molecular formula is C9H20O2. The molecule has 0 saturated carbocycles. The number of aliphatic hydroxyl groups is 1. The van der Waals surface area contributed by atoms with E-state index >= 15 is 0 Å². The fourth-order valence-electron chi connectivity index (χ4n) is 0.589. The van der Waals surface area contributed by atoms with E-state index in [0.29, 0.717) is 6.61 Å². The number of ether oxygens (including phenoxy) is 1. The SMILES string of the molecule is CCCOCC(O)C(C)(C)C. The standard InChI is InChI=1S/C9H20O2/c1-5-6-11-7-8(10)9(2,3)4/h8,10H,5-7H2,1-4H3. The summed E-state index contributed by atoms with van der Waals surface area (Å²) >= 11 is 0. The molecule has 0 aliphatic heterocycles. The minimum atomic E-state index is -0.353. The summed E-state index contributed by atoms with van der Waals surface area (Å²) in [5, 5.41) is 9.49. The molecule has 0 fully saturated rings. The van der Waals surface area contributed by atoms with Crippen molar-refractivity contribution in [2.24, 2.45) is 5.41 Å².